The highest BCUT2D eigenvalue weighted by Crippen LogP contribution is 2.19. The van der Waals surface area contributed by atoms with Crippen LogP contribution in [-0.4, -0.2) is 12.5 Å². The maximum Gasteiger partial charge on any atom is 0.266 e. The van der Waals surface area contributed by atoms with E-state index in [2.05, 4.69) is 28.0 Å². The molecule has 1 rings (SSSR count). The maximum atomic E-state index is 11.3. The van der Waals surface area contributed by atoms with E-state index in [1.807, 2.05) is 19.1 Å². The van der Waals surface area contributed by atoms with Crippen molar-refractivity contribution in [1.29, 1.82) is 0 Å². The molecule has 3 N–H and O–H groups in total. The summed E-state index contributed by atoms with van der Waals surface area (Å²) in [5.41, 5.74) is 2.62. The number of carbonyl (C=O) groups is 1. The Morgan fingerprint density at radius 3 is 2.93 bits per heavy atom. The fourth-order valence-corrected chi connectivity index (χ4v) is 1.59. The van der Waals surface area contributed by atoms with Crippen LogP contribution in [0.2, 0.25) is 0 Å². The summed E-state index contributed by atoms with van der Waals surface area (Å²) in [5, 5.41) is 0. The quantitative estimate of drug-likeness (QED) is 0.383. The SMILES string of the molecule is CCOc1ccc(I)c(C(=O)NN)c1. The smallest absolute Gasteiger partial charge is 0.266 e. The van der Waals surface area contributed by atoms with Gasteiger partial charge in [-0.1, -0.05) is 0 Å². The monoisotopic (exact) mass is 306 g/mol. The second kappa shape index (κ2) is 5.16. The summed E-state index contributed by atoms with van der Waals surface area (Å²) in [7, 11) is 0. The van der Waals surface area contributed by atoms with Crippen molar-refractivity contribution in [1.82, 2.24) is 5.43 Å². The molecule has 1 aromatic carbocycles. The van der Waals surface area contributed by atoms with Crippen molar-refractivity contribution < 1.29 is 9.53 Å². The fourth-order valence-electron chi connectivity index (χ4n) is 1.01. The number of nitrogen functional groups attached to an aromatic ring is 1. The van der Waals surface area contributed by atoms with Crippen LogP contribution in [0.5, 0.6) is 5.75 Å². The van der Waals surface area contributed by atoms with Crippen molar-refractivity contribution >= 4 is 28.5 Å². The van der Waals surface area contributed by atoms with Gasteiger partial charge in [-0.05, 0) is 47.7 Å². The molecule has 76 valence electrons. The zero-order chi connectivity index (χ0) is 10.6. The summed E-state index contributed by atoms with van der Waals surface area (Å²) < 4.78 is 6.11. The lowest BCUT2D eigenvalue weighted by atomic mass is 10.2. The Balaban J connectivity index is 3.01. The largest absolute Gasteiger partial charge is 0.494 e. The number of carbonyl (C=O) groups excluding carboxylic acids is 1. The summed E-state index contributed by atoms with van der Waals surface area (Å²) in [4.78, 5) is 11.3. The third kappa shape index (κ3) is 2.58. The van der Waals surface area contributed by atoms with Crippen molar-refractivity contribution in [3.63, 3.8) is 0 Å². The van der Waals surface area contributed by atoms with Crippen molar-refractivity contribution in [3.8, 4) is 5.75 Å². The number of nitrogens with two attached hydrogens (primary N) is 1. The number of hydrazine groups is 1. The Hall–Kier alpha value is -0.820. The highest BCUT2D eigenvalue weighted by atomic mass is 127. The Kier molecular flexibility index (Phi) is 4.15. The van der Waals surface area contributed by atoms with Crippen LogP contribution in [0.25, 0.3) is 0 Å². The lowest BCUT2D eigenvalue weighted by Crippen LogP contribution is -2.30. The van der Waals surface area contributed by atoms with Crippen LogP contribution in [0.4, 0.5) is 0 Å². The molecule has 0 saturated heterocycles. The molecule has 0 unspecified atom stereocenters. The molecule has 0 atom stereocenters. The topological polar surface area (TPSA) is 64.3 Å². The van der Waals surface area contributed by atoms with Crippen LogP contribution in [0, 0.1) is 3.57 Å². The molecular formula is C9H11IN2O2. The predicted octanol–water partition coefficient (Wildman–Crippen LogP) is 1.29. The molecule has 0 radical (unpaired) electrons. The van der Waals surface area contributed by atoms with Crippen molar-refractivity contribution in [2.24, 2.45) is 5.84 Å². The second-order valence-corrected chi connectivity index (χ2v) is 3.71. The van der Waals surface area contributed by atoms with E-state index in [0.29, 0.717) is 17.9 Å². The van der Waals surface area contributed by atoms with Crippen LogP contribution < -0.4 is 16.0 Å². The predicted molar refractivity (Wildman–Crippen MR) is 62.0 cm³/mol. The highest BCUT2D eigenvalue weighted by Gasteiger charge is 2.09. The summed E-state index contributed by atoms with van der Waals surface area (Å²) in [6.07, 6.45) is 0. The Morgan fingerprint density at radius 2 is 2.36 bits per heavy atom. The van der Waals surface area contributed by atoms with E-state index in [1.54, 1.807) is 6.07 Å². The molecule has 0 aliphatic carbocycles. The van der Waals surface area contributed by atoms with E-state index >= 15 is 0 Å². The van der Waals surface area contributed by atoms with Crippen LogP contribution in [-0.2, 0) is 0 Å². The van der Waals surface area contributed by atoms with Crippen LogP contribution in [0.3, 0.4) is 0 Å². The Labute approximate surface area is 95.9 Å². The minimum Gasteiger partial charge on any atom is -0.494 e. The summed E-state index contributed by atoms with van der Waals surface area (Å²) in [5.74, 6) is 5.42. The molecule has 1 aromatic rings. The van der Waals surface area contributed by atoms with Gasteiger partial charge in [0.1, 0.15) is 5.75 Å². The second-order valence-electron chi connectivity index (χ2n) is 2.55. The Morgan fingerprint density at radius 1 is 1.64 bits per heavy atom. The van der Waals surface area contributed by atoms with Gasteiger partial charge in [-0.15, -0.1) is 0 Å². The number of benzene rings is 1. The minimum atomic E-state index is -0.309. The average molecular weight is 306 g/mol. The summed E-state index contributed by atoms with van der Waals surface area (Å²) in [6, 6.07) is 5.31. The molecule has 0 aliphatic heterocycles. The van der Waals surface area contributed by atoms with E-state index in [0.717, 1.165) is 3.57 Å². The molecule has 14 heavy (non-hydrogen) atoms. The number of rotatable bonds is 3. The van der Waals surface area contributed by atoms with Gasteiger partial charge in [0.25, 0.3) is 5.91 Å². The average Bonchev–Trinajstić information content (AvgIpc) is 2.20. The summed E-state index contributed by atoms with van der Waals surface area (Å²) in [6.45, 7) is 2.46. The first-order valence-electron chi connectivity index (χ1n) is 4.12. The van der Waals surface area contributed by atoms with Gasteiger partial charge < -0.3 is 4.74 Å². The number of nitrogens with one attached hydrogen (secondary N) is 1. The Bertz CT molecular complexity index is 342. The third-order valence-electron chi connectivity index (χ3n) is 1.62. The molecular weight excluding hydrogens is 295 g/mol. The van der Waals surface area contributed by atoms with E-state index in [1.165, 1.54) is 0 Å². The van der Waals surface area contributed by atoms with Gasteiger partial charge in [0.15, 0.2) is 0 Å². The number of amides is 1. The molecule has 0 heterocycles. The van der Waals surface area contributed by atoms with E-state index in [4.69, 9.17) is 10.6 Å². The van der Waals surface area contributed by atoms with Crippen molar-refractivity contribution in [2.45, 2.75) is 6.92 Å². The lowest BCUT2D eigenvalue weighted by molar-refractivity contribution is 0.0952. The summed E-state index contributed by atoms with van der Waals surface area (Å²) >= 11 is 2.07. The standard InChI is InChI=1S/C9H11IN2O2/c1-2-14-6-3-4-8(10)7(5-6)9(13)12-11/h3-5H,2,11H2,1H3,(H,12,13). The zero-order valence-electron chi connectivity index (χ0n) is 7.71. The number of halogens is 1. The van der Waals surface area contributed by atoms with Crippen LogP contribution in [0.1, 0.15) is 17.3 Å². The number of hydrogen-bond donors (Lipinski definition) is 2. The van der Waals surface area contributed by atoms with Gasteiger partial charge in [-0.25, -0.2) is 5.84 Å². The van der Waals surface area contributed by atoms with Gasteiger partial charge in [0, 0.05) is 3.57 Å². The first kappa shape index (κ1) is 11.3. The van der Waals surface area contributed by atoms with Crippen LogP contribution >= 0.6 is 22.6 Å². The molecule has 0 fully saturated rings. The van der Waals surface area contributed by atoms with Crippen LogP contribution in [0.15, 0.2) is 18.2 Å². The van der Waals surface area contributed by atoms with Gasteiger partial charge in [0.05, 0.1) is 12.2 Å². The molecule has 0 bridgehead atoms. The fraction of sp³-hybridized carbons (Fsp3) is 0.222. The molecule has 0 spiro atoms. The number of hydrogen-bond acceptors (Lipinski definition) is 3. The first-order chi connectivity index (χ1) is 6.69. The van der Waals surface area contributed by atoms with E-state index in [9.17, 15) is 4.79 Å². The van der Waals surface area contributed by atoms with Gasteiger partial charge in [0.2, 0.25) is 0 Å². The first-order valence-corrected chi connectivity index (χ1v) is 5.20. The van der Waals surface area contributed by atoms with Crippen molar-refractivity contribution in [3.05, 3.63) is 27.3 Å². The van der Waals surface area contributed by atoms with E-state index in [-0.39, 0.29) is 5.91 Å². The minimum absolute atomic E-state index is 0.309. The molecule has 4 nitrogen and oxygen atoms in total. The lowest BCUT2D eigenvalue weighted by Gasteiger charge is -2.06. The highest BCUT2D eigenvalue weighted by molar-refractivity contribution is 14.1. The molecule has 0 aliphatic rings. The molecule has 0 saturated carbocycles. The van der Waals surface area contributed by atoms with E-state index < -0.39 is 0 Å². The van der Waals surface area contributed by atoms with Gasteiger partial charge in [-0.3, -0.25) is 10.2 Å². The van der Waals surface area contributed by atoms with Gasteiger partial charge >= 0.3 is 0 Å². The maximum absolute atomic E-state index is 11.3. The number of ether oxygens (including phenoxy) is 1. The molecule has 5 heteroatoms. The molecule has 1 amide bonds. The molecule has 0 aromatic heterocycles. The normalized spacial score (nSPS) is 9.64. The van der Waals surface area contributed by atoms with Gasteiger partial charge in [-0.2, -0.15) is 0 Å². The third-order valence-corrected chi connectivity index (χ3v) is 2.57. The zero-order valence-corrected chi connectivity index (χ0v) is 9.87. The van der Waals surface area contributed by atoms with Crippen molar-refractivity contribution in [2.75, 3.05) is 6.61 Å².